The molecule has 1 aromatic heterocycles. The van der Waals surface area contributed by atoms with Crippen LogP contribution in [0.5, 0.6) is 0 Å². The second-order valence-corrected chi connectivity index (χ2v) is 9.70. The standard InChI is InChI=1S/C25H22Cl2F4N2O3/c1-24(2,3)36-23(35)33(10-11-34)32-9-8-16-12-15(5-7-21(16)32)4-6-18(25(29,30)31)17-13-19(26)22(28)20(27)14-17/h4-9,11-14,18H,10H2,1-3H3. The molecule has 11 heteroatoms. The molecular weight excluding hydrogens is 523 g/mol. The maximum Gasteiger partial charge on any atom is 0.430 e. The summed E-state index contributed by atoms with van der Waals surface area (Å²) < 4.78 is 61.8. The quantitative estimate of drug-likeness (QED) is 0.183. The fourth-order valence-corrected chi connectivity index (χ4v) is 3.97. The summed E-state index contributed by atoms with van der Waals surface area (Å²) in [6, 6.07) is 8.22. The molecule has 0 radical (unpaired) electrons. The second kappa shape index (κ2) is 10.5. The van der Waals surface area contributed by atoms with Crippen molar-refractivity contribution in [2.75, 3.05) is 11.6 Å². The van der Waals surface area contributed by atoms with Gasteiger partial charge in [0.2, 0.25) is 0 Å². The number of ether oxygens (including phenoxy) is 1. The van der Waals surface area contributed by atoms with Crippen molar-refractivity contribution >= 4 is 52.6 Å². The van der Waals surface area contributed by atoms with Crippen LogP contribution in [0, 0.1) is 5.82 Å². The number of aromatic nitrogens is 1. The number of alkyl halides is 3. The molecule has 0 aliphatic carbocycles. The van der Waals surface area contributed by atoms with Crippen LogP contribution in [0.3, 0.4) is 0 Å². The van der Waals surface area contributed by atoms with Gasteiger partial charge in [0.1, 0.15) is 18.4 Å². The average Bonchev–Trinajstić information content (AvgIpc) is 3.16. The molecule has 0 aliphatic rings. The summed E-state index contributed by atoms with van der Waals surface area (Å²) in [5.74, 6) is -3.07. The summed E-state index contributed by atoms with van der Waals surface area (Å²) in [6.45, 7) is 4.81. The van der Waals surface area contributed by atoms with Crippen molar-refractivity contribution in [3.8, 4) is 0 Å². The second-order valence-electron chi connectivity index (χ2n) is 8.88. The topological polar surface area (TPSA) is 51.5 Å². The van der Waals surface area contributed by atoms with Gasteiger partial charge in [-0.1, -0.05) is 41.4 Å². The minimum Gasteiger partial charge on any atom is -0.442 e. The third-order valence-electron chi connectivity index (χ3n) is 5.00. The molecule has 0 bridgehead atoms. The highest BCUT2D eigenvalue weighted by molar-refractivity contribution is 6.35. The molecule has 1 amide bonds. The third kappa shape index (κ3) is 6.39. The lowest BCUT2D eigenvalue weighted by Crippen LogP contribution is -2.44. The van der Waals surface area contributed by atoms with Gasteiger partial charge >= 0.3 is 12.3 Å². The van der Waals surface area contributed by atoms with Gasteiger partial charge in [-0.05, 0) is 62.2 Å². The Bertz CT molecular complexity index is 1290. The highest BCUT2D eigenvalue weighted by Gasteiger charge is 2.39. The molecule has 3 rings (SSSR count). The van der Waals surface area contributed by atoms with E-state index < -0.39 is 39.7 Å². The SMILES string of the molecule is CC(C)(C)OC(=O)N(CC=O)n1ccc2cc(C=CC(c3cc(Cl)c(F)c(Cl)c3)C(F)(F)F)ccc21. The van der Waals surface area contributed by atoms with Crippen molar-refractivity contribution in [2.24, 2.45) is 0 Å². The summed E-state index contributed by atoms with van der Waals surface area (Å²) >= 11 is 11.4. The minimum absolute atomic E-state index is 0.267. The highest BCUT2D eigenvalue weighted by Crippen LogP contribution is 2.39. The average molecular weight is 545 g/mol. The van der Waals surface area contributed by atoms with Gasteiger partial charge in [0.05, 0.1) is 21.5 Å². The Morgan fingerprint density at radius 3 is 2.31 bits per heavy atom. The molecule has 1 atom stereocenters. The van der Waals surface area contributed by atoms with Crippen LogP contribution in [-0.4, -0.2) is 35.4 Å². The van der Waals surface area contributed by atoms with E-state index in [2.05, 4.69) is 0 Å². The number of fused-ring (bicyclic) bond motifs is 1. The monoisotopic (exact) mass is 544 g/mol. The van der Waals surface area contributed by atoms with Gasteiger partial charge in [0.15, 0.2) is 5.82 Å². The number of carbonyl (C=O) groups is 2. The first kappa shape index (κ1) is 27.5. The number of hydrogen-bond donors (Lipinski definition) is 0. The van der Waals surface area contributed by atoms with Gasteiger partial charge in [-0.3, -0.25) is 4.68 Å². The number of rotatable bonds is 6. The predicted molar refractivity (Wildman–Crippen MR) is 132 cm³/mol. The number of halogens is 6. The zero-order valence-electron chi connectivity index (χ0n) is 19.4. The van der Waals surface area contributed by atoms with E-state index in [1.165, 1.54) is 10.8 Å². The van der Waals surface area contributed by atoms with E-state index in [-0.39, 0.29) is 12.1 Å². The molecule has 3 aromatic rings. The molecule has 0 saturated heterocycles. The van der Waals surface area contributed by atoms with Crippen molar-refractivity contribution in [1.29, 1.82) is 0 Å². The number of hydrogen-bond acceptors (Lipinski definition) is 3. The first-order chi connectivity index (χ1) is 16.7. The van der Waals surface area contributed by atoms with Gasteiger partial charge in [0.25, 0.3) is 0 Å². The normalized spacial score (nSPS) is 13.2. The van der Waals surface area contributed by atoms with Gasteiger partial charge in [-0.15, -0.1) is 0 Å². The lowest BCUT2D eigenvalue weighted by molar-refractivity contribution is -0.139. The van der Waals surface area contributed by atoms with Crippen LogP contribution in [0.4, 0.5) is 22.4 Å². The largest absolute Gasteiger partial charge is 0.442 e. The first-order valence-electron chi connectivity index (χ1n) is 10.7. The van der Waals surface area contributed by atoms with E-state index in [9.17, 15) is 27.2 Å². The summed E-state index contributed by atoms with van der Waals surface area (Å²) in [7, 11) is 0. The molecule has 1 heterocycles. The minimum atomic E-state index is -4.68. The Morgan fingerprint density at radius 2 is 1.75 bits per heavy atom. The van der Waals surface area contributed by atoms with E-state index in [0.717, 1.165) is 23.2 Å². The fraction of sp³-hybridized carbons (Fsp3) is 0.280. The van der Waals surface area contributed by atoms with Crippen molar-refractivity contribution < 1.29 is 31.9 Å². The van der Waals surface area contributed by atoms with Crippen LogP contribution < -0.4 is 5.01 Å². The lowest BCUT2D eigenvalue weighted by atomic mass is 9.97. The van der Waals surface area contributed by atoms with E-state index in [1.54, 1.807) is 51.2 Å². The van der Waals surface area contributed by atoms with E-state index in [0.29, 0.717) is 22.8 Å². The summed E-state index contributed by atoms with van der Waals surface area (Å²) in [5, 5.41) is 0.700. The molecule has 192 valence electrons. The molecule has 5 nitrogen and oxygen atoms in total. The lowest BCUT2D eigenvalue weighted by Gasteiger charge is -2.27. The summed E-state index contributed by atoms with van der Waals surface area (Å²) in [5.41, 5.74) is -0.116. The zero-order valence-corrected chi connectivity index (χ0v) is 21.0. The van der Waals surface area contributed by atoms with Gasteiger partial charge in [-0.25, -0.2) is 14.2 Å². The number of aldehydes is 1. The molecule has 0 fully saturated rings. The Morgan fingerprint density at radius 1 is 1.11 bits per heavy atom. The number of benzene rings is 2. The summed E-state index contributed by atoms with van der Waals surface area (Å²) in [4.78, 5) is 23.8. The zero-order chi connectivity index (χ0) is 26.8. The van der Waals surface area contributed by atoms with Crippen molar-refractivity contribution in [3.63, 3.8) is 0 Å². The van der Waals surface area contributed by atoms with Gasteiger partial charge in [-0.2, -0.15) is 13.2 Å². The van der Waals surface area contributed by atoms with E-state index >= 15 is 0 Å². The Kier molecular flexibility index (Phi) is 8.05. The predicted octanol–water partition coefficient (Wildman–Crippen LogP) is 7.52. The Hall–Kier alpha value is -3.04. The fourth-order valence-electron chi connectivity index (χ4n) is 3.47. The molecule has 0 aliphatic heterocycles. The number of allylic oxidation sites excluding steroid dienone is 1. The van der Waals surface area contributed by atoms with Crippen LogP contribution in [0.15, 0.2) is 48.7 Å². The molecule has 0 N–H and O–H groups in total. The van der Waals surface area contributed by atoms with Crippen molar-refractivity contribution in [2.45, 2.75) is 38.5 Å². The first-order valence-corrected chi connectivity index (χ1v) is 11.4. The van der Waals surface area contributed by atoms with Crippen LogP contribution in [0.1, 0.15) is 37.8 Å². The van der Waals surface area contributed by atoms with Crippen molar-refractivity contribution in [3.05, 3.63) is 75.7 Å². The van der Waals surface area contributed by atoms with E-state index in [1.807, 2.05) is 0 Å². The smallest absolute Gasteiger partial charge is 0.430 e. The van der Waals surface area contributed by atoms with Crippen LogP contribution >= 0.6 is 23.2 Å². The van der Waals surface area contributed by atoms with Crippen LogP contribution in [0.2, 0.25) is 10.0 Å². The maximum absolute atomic E-state index is 13.8. The third-order valence-corrected chi connectivity index (χ3v) is 5.55. The molecular formula is C25H22Cl2F4N2O3. The molecule has 2 aromatic carbocycles. The molecule has 0 saturated carbocycles. The van der Waals surface area contributed by atoms with Crippen molar-refractivity contribution in [1.82, 2.24) is 4.68 Å². The molecule has 36 heavy (non-hydrogen) atoms. The summed E-state index contributed by atoms with van der Waals surface area (Å²) in [6.07, 6.45) is -1.11. The van der Waals surface area contributed by atoms with E-state index in [4.69, 9.17) is 27.9 Å². The Balaban J connectivity index is 1.95. The van der Waals surface area contributed by atoms with Crippen LogP contribution in [0.25, 0.3) is 17.0 Å². The Labute approximate surface area is 214 Å². The number of amides is 1. The molecule has 0 spiro atoms. The number of nitrogens with zero attached hydrogens (tertiary/aromatic N) is 2. The van der Waals surface area contributed by atoms with Gasteiger partial charge < -0.3 is 9.53 Å². The number of carbonyl (C=O) groups excluding carboxylic acids is 2. The van der Waals surface area contributed by atoms with Crippen LogP contribution in [-0.2, 0) is 9.53 Å². The van der Waals surface area contributed by atoms with Gasteiger partial charge in [0, 0.05) is 11.6 Å². The molecule has 1 unspecified atom stereocenters. The maximum atomic E-state index is 13.8. The highest BCUT2D eigenvalue weighted by atomic mass is 35.5.